The lowest BCUT2D eigenvalue weighted by atomic mass is 10.2. The fourth-order valence-electron chi connectivity index (χ4n) is 1.22. The maximum absolute atomic E-state index is 5.70. The molecule has 0 aliphatic heterocycles. The number of nitrogens with two attached hydrogens (primary N) is 1. The van der Waals surface area contributed by atoms with Crippen LogP contribution in [-0.4, -0.2) is 12.2 Å². The molecule has 0 radical (unpaired) electrons. The van der Waals surface area contributed by atoms with Crippen molar-refractivity contribution in [2.75, 3.05) is 5.73 Å². The van der Waals surface area contributed by atoms with Crippen LogP contribution in [0.5, 0.6) is 11.5 Å². The van der Waals surface area contributed by atoms with Gasteiger partial charge in [0.25, 0.3) is 0 Å². The predicted octanol–water partition coefficient (Wildman–Crippen LogP) is 3.27. The highest BCUT2D eigenvalue weighted by atomic mass is 35.5. The van der Waals surface area contributed by atoms with E-state index in [1.54, 1.807) is 6.07 Å². The first kappa shape index (κ1) is 14.9. The molecule has 0 aliphatic carbocycles. The molecule has 0 atom stereocenters. The highest BCUT2D eigenvalue weighted by molar-refractivity contribution is 5.85. The van der Waals surface area contributed by atoms with Crippen molar-refractivity contribution in [2.24, 2.45) is 0 Å². The quantitative estimate of drug-likeness (QED) is 0.828. The van der Waals surface area contributed by atoms with Crippen LogP contribution in [0.4, 0.5) is 5.69 Å². The van der Waals surface area contributed by atoms with Crippen LogP contribution in [0.25, 0.3) is 0 Å². The Morgan fingerprint density at radius 1 is 0.938 bits per heavy atom. The van der Waals surface area contributed by atoms with Gasteiger partial charge in [-0.3, -0.25) is 0 Å². The largest absolute Gasteiger partial charge is 0.487 e. The predicted molar refractivity (Wildman–Crippen MR) is 69.6 cm³/mol. The van der Waals surface area contributed by atoms with Crippen molar-refractivity contribution in [3.8, 4) is 11.5 Å². The highest BCUT2D eigenvalue weighted by Crippen LogP contribution is 2.30. The zero-order valence-electron chi connectivity index (χ0n) is 10.2. The van der Waals surface area contributed by atoms with Crippen molar-refractivity contribution < 1.29 is 9.47 Å². The van der Waals surface area contributed by atoms with Crippen LogP contribution in [0.15, 0.2) is 18.2 Å². The molecule has 0 saturated heterocycles. The first-order chi connectivity index (χ1) is 6.99. The molecule has 0 spiro atoms. The summed E-state index contributed by atoms with van der Waals surface area (Å²) in [5.41, 5.74) is 6.38. The Labute approximate surface area is 103 Å². The van der Waals surface area contributed by atoms with Gasteiger partial charge in [-0.2, -0.15) is 0 Å². The topological polar surface area (TPSA) is 44.5 Å². The molecule has 1 aromatic carbocycles. The van der Waals surface area contributed by atoms with Crippen molar-refractivity contribution in [3.05, 3.63) is 18.2 Å². The van der Waals surface area contributed by atoms with Crippen LogP contribution in [-0.2, 0) is 0 Å². The average Bonchev–Trinajstić information content (AvgIpc) is 2.08. The minimum absolute atomic E-state index is 0. The van der Waals surface area contributed by atoms with Gasteiger partial charge in [-0.15, -0.1) is 12.4 Å². The molecule has 1 aromatic rings. The van der Waals surface area contributed by atoms with Crippen molar-refractivity contribution in [2.45, 2.75) is 39.9 Å². The molecule has 3 nitrogen and oxygen atoms in total. The van der Waals surface area contributed by atoms with Crippen LogP contribution in [0, 0.1) is 0 Å². The molecule has 4 heteroatoms. The van der Waals surface area contributed by atoms with E-state index in [-0.39, 0.29) is 24.6 Å². The van der Waals surface area contributed by atoms with E-state index >= 15 is 0 Å². The van der Waals surface area contributed by atoms with Crippen molar-refractivity contribution in [3.63, 3.8) is 0 Å². The monoisotopic (exact) mass is 245 g/mol. The maximum Gasteiger partial charge on any atom is 0.163 e. The van der Waals surface area contributed by atoms with Crippen LogP contribution in [0.1, 0.15) is 27.7 Å². The van der Waals surface area contributed by atoms with Gasteiger partial charge in [-0.25, -0.2) is 0 Å². The number of rotatable bonds is 4. The first-order valence-corrected chi connectivity index (χ1v) is 5.22. The van der Waals surface area contributed by atoms with Gasteiger partial charge in [0.1, 0.15) is 0 Å². The van der Waals surface area contributed by atoms with Gasteiger partial charge in [-0.05, 0) is 39.8 Å². The Morgan fingerprint density at radius 2 is 1.44 bits per heavy atom. The minimum Gasteiger partial charge on any atom is -0.487 e. The summed E-state index contributed by atoms with van der Waals surface area (Å²) >= 11 is 0. The van der Waals surface area contributed by atoms with Crippen molar-refractivity contribution >= 4 is 18.1 Å². The fraction of sp³-hybridized carbons (Fsp3) is 0.500. The summed E-state index contributed by atoms with van der Waals surface area (Å²) in [4.78, 5) is 0. The van der Waals surface area contributed by atoms with E-state index in [2.05, 4.69) is 0 Å². The first-order valence-electron chi connectivity index (χ1n) is 5.22. The van der Waals surface area contributed by atoms with E-state index in [9.17, 15) is 0 Å². The number of benzene rings is 1. The van der Waals surface area contributed by atoms with Crippen LogP contribution in [0.2, 0.25) is 0 Å². The second-order valence-corrected chi connectivity index (χ2v) is 4.04. The zero-order chi connectivity index (χ0) is 11.4. The van der Waals surface area contributed by atoms with Crippen LogP contribution in [0.3, 0.4) is 0 Å². The summed E-state index contributed by atoms with van der Waals surface area (Å²) in [6, 6.07) is 5.44. The van der Waals surface area contributed by atoms with Gasteiger partial charge < -0.3 is 15.2 Å². The Morgan fingerprint density at radius 3 is 1.94 bits per heavy atom. The Balaban J connectivity index is 0.00000225. The van der Waals surface area contributed by atoms with Crippen LogP contribution >= 0.6 is 12.4 Å². The lowest BCUT2D eigenvalue weighted by Gasteiger charge is -2.17. The number of nitrogen functional groups attached to an aromatic ring is 1. The van der Waals surface area contributed by atoms with Crippen LogP contribution < -0.4 is 15.2 Å². The number of hydrogen-bond acceptors (Lipinski definition) is 3. The molecule has 0 saturated carbocycles. The van der Waals surface area contributed by atoms with Gasteiger partial charge in [-0.1, -0.05) is 0 Å². The van der Waals surface area contributed by atoms with E-state index in [0.29, 0.717) is 11.4 Å². The lowest BCUT2D eigenvalue weighted by Crippen LogP contribution is -2.11. The van der Waals surface area contributed by atoms with Crippen molar-refractivity contribution in [1.29, 1.82) is 0 Å². The molecule has 0 aliphatic rings. The molecule has 0 unspecified atom stereocenters. The fourth-order valence-corrected chi connectivity index (χ4v) is 1.22. The number of ether oxygens (including phenoxy) is 2. The van der Waals surface area contributed by atoms with E-state index in [0.717, 1.165) is 5.75 Å². The van der Waals surface area contributed by atoms with Gasteiger partial charge in [0.15, 0.2) is 11.5 Å². The number of halogens is 1. The normalized spacial score (nSPS) is 10.1. The molecule has 2 N–H and O–H groups in total. The van der Waals surface area contributed by atoms with E-state index in [1.165, 1.54) is 0 Å². The Kier molecular flexibility index (Phi) is 6.04. The molecular formula is C12H20ClNO2. The highest BCUT2D eigenvalue weighted by Gasteiger charge is 2.08. The lowest BCUT2D eigenvalue weighted by molar-refractivity contribution is 0.199. The Hall–Kier alpha value is -1.09. The maximum atomic E-state index is 5.70. The zero-order valence-corrected chi connectivity index (χ0v) is 11.0. The molecule has 16 heavy (non-hydrogen) atoms. The Bertz CT molecular complexity index is 327. The third-order valence-corrected chi connectivity index (χ3v) is 1.69. The van der Waals surface area contributed by atoms with Gasteiger partial charge in [0.2, 0.25) is 0 Å². The van der Waals surface area contributed by atoms with Gasteiger partial charge in [0, 0.05) is 11.8 Å². The number of hydrogen-bond donors (Lipinski definition) is 1. The summed E-state index contributed by atoms with van der Waals surface area (Å²) in [7, 11) is 0. The van der Waals surface area contributed by atoms with E-state index in [1.807, 2.05) is 39.8 Å². The molecule has 1 rings (SSSR count). The summed E-state index contributed by atoms with van der Waals surface area (Å²) in [6.45, 7) is 7.91. The molecular weight excluding hydrogens is 226 g/mol. The summed E-state index contributed by atoms with van der Waals surface area (Å²) in [6.07, 6.45) is 0.240. The minimum atomic E-state index is 0. The summed E-state index contributed by atoms with van der Waals surface area (Å²) in [5, 5.41) is 0. The molecule has 0 bridgehead atoms. The smallest absolute Gasteiger partial charge is 0.163 e. The molecule has 0 fully saturated rings. The third kappa shape index (κ3) is 4.62. The van der Waals surface area contributed by atoms with Gasteiger partial charge in [0.05, 0.1) is 12.2 Å². The molecule has 0 heterocycles. The third-order valence-electron chi connectivity index (χ3n) is 1.69. The SMILES string of the molecule is CC(C)Oc1ccc(N)cc1OC(C)C.Cl. The van der Waals surface area contributed by atoms with E-state index in [4.69, 9.17) is 15.2 Å². The molecule has 92 valence electrons. The van der Waals surface area contributed by atoms with Crippen molar-refractivity contribution in [1.82, 2.24) is 0 Å². The standard InChI is InChI=1S/C12H19NO2.ClH/c1-8(2)14-11-6-5-10(13)7-12(11)15-9(3)4;/h5-9H,13H2,1-4H3;1H. The summed E-state index contributed by atoms with van der Waals surface area (Å²) < 4.78 is 11.2. The average molecular weight is 246 g/mol. The second-order valence-electron chi connectivity index (χ2n) is 4.04. The van der Waals surface area contributed by atoms with Gasteiger partial charge >= 0.3 is 0 Å². The summed E-state index contributed by atoms with van der Waals surface area (Å²) in [5.74, 6) is 1.45. The molecule has 0 aromatic heterocycles. The molecule has 0 amide bonds. The van der Waals surface area contributed by atoms with E-state index < -0.39 is 0 Å². The second kappa shape index (κ2) is 6.48. The number of anilines is 1.